The second-order valence-corrected chi connectivity index (χ2v) is 15.8. The molecule has 0 saturated heterocycles. The summed E-state index contributed by atoms with van der Waals surface area (Å²) >= 11 is 0. The first-order valence-electron chi connectivity index (χ1n) is 21.9. The fraction of sp³-hybridized carbons (Fsp3) is 0.500. The Labute approximate surface area is 379 Å². The van der Waals surface area contributed by atoms with Crippen LogP contribution in [0.15, 0.2) is 126 Å². The van der Waals surface area contributed by atoms with Crippen LogP contribution in [0, 0.1) is 0 Å². The zero-order valence-corrected chi connectivity index (χ0v) is 36.1. The first kappa shape index (κ1) is 59.5. The number of hydrogen-bond donors (Lipinski definition) is 5. The predicted octanol–water partition coefficient (Wildman–Crippen LogP) is 11.7. The molecule has 348 valence electrons. The summed E-state index contributed by atoms with van der Waals surface area (Å²) in [6.45, 7) is 7.53. The molecule has 0 saturated carbocycles. The molecule has 8 heteroatoms. The highest BCUT2D eigenvalue weighted by Gasteiger charge is 2.25. The van der Waals surface area contributed by atoms with Crippen molar-refractivity contribution < 1.29 is 21.2 Å². The van der Waals surface area contributed by atoms with Gasteiger partial charge < -0.3 is 26.6 Å². The van der Waals surface area contributed by atoms with Crippen LogP contribution in [0.2, 0.25) is 0 Å². The molecule has 0 aromatic heterocycles. The number of nitrogens with two attached hydrogens (primary N) is 1. The molecule has 0 heterocycles. The number of carbonyl (C=O) groups is 2. The van der Waals surface area contributed by atoms with Gasteiger partial charge >= 0.3 is 6.03 Å². The monoisotopic (exact) mass is 859 g/mol. The fourth-order valence-electron chi connectivity index (χ4n) is 6.82. The van der Waals surface area contributed by atoms with E-state index in [1.807, 2.05) is 48.5 Å². The standard InChI is InChI=1S/C25H36N2O2.C14H23NO.C12H15NO.3CH4.H2/c1-25(21-28,23-16-7-3-8-17-23)18-10-4-11-19-26-24(29)27-20-12-9-15-22-13-5-2-6-14-22;1-14(12-16,10-6-3-7-11-15)13-8-4-2-5-9-13;14-11-10-13-9-5-4-8-12-6-2-1-3-7-12;;;;/h2-3,5-8,13-14,16-17,28H,4,9-12,15,18-21H2,1H3,(H2,26,27,29);2,4-5,8-9,16H,3,6-7,10-12,15H2,1H3;1-3,6-7,10-11H,4-5,8-9H2;3*1H4;1H/i;;;;;;1+2. The molecule has 0 radical (unpaired) electrons. The van der Waals surface area contributed by atoms with Crippen LogP contribution in [-0.4, -0.2) is 68.1 Å². The van der Waals surface area contributed by atoms with Gasteiger partial charge in [-0.3, -0.25) is 9.79 Å². The molecule has 6 N–H and O–H groups in total. The van der Waals surface area contributed by atoms with E-state index in [0.717, 1.165) is 109 Å². The summed E-state index contributed by atoms with van der Waals surface area (Å²) in [5, 5.41) is 25.3. The largest absolute Gasteiger partial charge is 0.395 e. The lowest BCUT2D eigenvalue weighted by Crippen LogP contribution is -2.36. The highest BCUT2D eigenvalue weighted by molar-refractivity contribution is 6.12. The van der Waals surface area contributed by atoms with Crippen LogP contribution in [-0.2, 0) is 28.5 Å². The average Bonchev–Trinajstić information content (AvgIpc) is 3.29. The molecule has 4 aromatic carbocycles. The number of carbonyl (C=O) groups excluding carboxylic acids is 2. The number of benzene rings is 4. The van der Waals surface area contributed by atoms with Gasteiger partial charge in [-0.2, -0.15) is 0 Å². The SMILES string of the molecule is C.C.C.CC(CO)(CCCCCN)c1ccccc1.CC(CO)(CCCCCNC(=O)NCCCCc1ccccc1)c1ccccc1.O=CC=NCCCCc1ccccc1.[3HH]. The number of aliphatic hydroxyl groups is 2. The van der Waals surface area contributed by atoms with Crippen LogP contribution in [0.4, 0.5) is 4.79 Å². The molecule has 0 aliphatic rings. The van der Waals surface area contributed by atoms with Crippen LogP contribution < -0.4 is 16.4 Å². The van der Waals surface area contributed by atoms with Gasteiger partial charge in [-0.05, 0) is 93.0 Å². The number of amides is 2. The van der Waals surface area contributed by atoms with Gasteiger partial charge in [-0.25, -0.2) is 4.79 Å². The van der Waals surface area contributed by atoms with Gasteiger partial charge in [0.2, 0.25) is 0 Å². The molecule has 0 aliphatic carbocycles. The van der Waals surface area contributed by atoms with Gasteiger partial charge in [0.05, 0.1) is 19.4 Å². The van der Waals surface area contributed by atoms with Crippen molar-refractivity contribution in [3.63, 3.8) is 0 Å². The molecule has 8 nitrogen and oxygen atoms in total. The molecular weight excluding hydrogens is 769 g/mol. The van der Waals surface area contributed by atoms with E-state index in [9.17, 15) is 19.8 Å². The number of aldehydes is 1. The summed E-state index contributed by atoms with van der Waals surface area (Å²) in [5.74, 6) is 0. The second kappa shape index (κ2) is 38.1. The molecular formula is C54H88N4O4. The molecule has 4 rings (SSSR count). The van der Waals surface area contributed by atoms with Crippen molar-refractivity contribution in [2.75, 3.05) is 39.4 Å². The number of nitrogens with zero attached hydrogens (tertiary/aromatic N) is 1. The van der Waals surface area contributed by atoms with Crippen LogP contribution >= 0.6 is 0 Å². The Bertz CT molecular complexity index is 1630. The molecule has 4 aromatic rings. The van der Waals surface area contributed by atoms with Crippen LogP contribution in [0.3, 0.4) is 0 Å². The number of aliphatic hydroxyl groups excluding tert-OH is 2. The van der Waals surface area contributed by atoms with Crippen molar-refractivity contribution >= 4 is 18.5 Å². The maximum absolute atomic E-state index is 11.8. The summed E-state index contributed by atoms with van der Waals surface area (Å²) in [7, 11) is 0. The summed E-state index contributed by atoms with van der Waals surface area (Å²) in [6.07, 6.45) is 16.8. The van der Waals surface area contributed by atoms with E-state index in [-0.39, 0.29) is 53.8 Å². The normalized spacial score (nSPS) is 12.2. The number of unbranched alkanes of at least 4 members (excludes halogenated alkanes) is 6. The molecule has 0 spiro atoms. The molecule has 0 fully saturated rings. The lowest BCUT2D eigenvalue weighted by Gasteiger charge is -2.28. The van der Waals surface area contributed by atoms with E-state index in [2.05, 4.69) is 102 Å². The van der Waals surface area contributed by atoms with E-state index in [0.29, 0.717) is 13.1 Å². The molecule has 2 amide bonds. The predicted molar refractivity (Wildman–Crippen MR) is 270 cm³/mol. The van der Waals surface area contributed by atoms with E-state index < -0.39 is 0 Å². The van der Waals surface area contributed by atoms with E-state index in [1.54, 1.807) is 0 Å². The topological polar surface area (TPSA) is 137 Å². The zero-order valence-electron chi connectivity index (χ0n) is 36.1. The fourth-order valence-corrected chi connectivity index (χ4v) is 6.82. The Hall–Kier alpha value is -4.63. The lowest BCUT2D eigenvalue weighted by atomic mass is 9.79. The van der Waals surface area contributed by atoms with Gasteiger partial charge in [0, 0.05) is 31.9 Å². The number of aliphatic imine (C=N–C) groups is 1. The summed E-state index contributed by atoms with van der Waals surface area (Å²) in [6, 6.07) is 41.2. The average molecular weight is 859 g/mol. The van der Waals surface area contributed by atoms with E-state index >= 15 is 0 Å². The second-order valence-electron chi connectivity index (χ2n) is 15.8. The highest BCUT2D eigenvalue weighted by atomic mass is 16.3. The Kier molecular flexibility index (Phi) is 36.5. The third kappa shape index (κ3) is 26.6. The van der Waals surface area contributed by atoms with Crippen molar-refractivity contribution in [3.05, 3.63) is 144 Å². The summed E-state index contributed by atoms with van der Waals surface area (Å²) in [4.78, 5) is 25.7. The molecule has 2 atom stereocenters. The van der Waals surface area contributed by atoms with E-state index in [4.69, 9.17) is 5.73 Å². The number of urea groups is 1. The minimum Gasteiger partial charge on any atom is -0.395 e. The van der Waals surface area contributed by atoms with Crippen molar-refractivity contribution in [1.29, 1.82) is 0 Å². The smallest absolute Gasteiger partial charge is 0.314 e. The Morgan fingerprint density at radius 2 is 0.968 bits per heavy atom. The van der Waals surface area contributed by atoms with Crippen LogP contribution in [0.5, 0.6) is 0 Å². The minimum absolute atomic E-state index is 0. The molecule has 62 heavy (non-hydrogen) atoms. The Morgan fingerprint density at radius 3 is 1.37 bits per heavy atom. The third-order valence-electron chi connectivity index (χ3n) is 10.8. The maximum Gasteiger partial charge on any atom is 0.314 e. The van der Waals surface area contributed by atoms with Crippen molar-refractivity contribution in [2.45, 2.75) is 137 Å². The Morgan fingerprint density at radius 1 is 0.581 bits per heavy atom. The first-order chi connectivity index (χ1) is 28.8. The molecule has 0 aliphatic heterocycles. The van der Waals surface area contributed by atoms with Gasteiger partial charge in [0.25, 0.3) is 0 Å². The van der Waals surface area contributed by atoms with Crippen molar-refractivity contribution in [3.8, 4) is 0 Å². The van der Waals surface area contributed by atoms with Crippen molar-refractivity contribution in [1.82, 2.24) is 10.6 Å². The van der Waals surface area contributed by atoms with Gasteiger partial charge in [0.1, 0.15) is 0 Å². The maximum atomic E-state index is 11.8. The first-order valence-corrected chi connectivity index (χ1v) is 21.9. The van der Waals surface area contributed by atoms with E-state index in [1.165, 1.54) is 28.5 Å². The Balaban J connectivity index is -0.000000905. The highest BCUT2D eigenvalue weighted by Crippen LogP contribution is 2.30. The molecule has 0 bridgehead atoms. The number of aryl methyl sites for hydroxylation is 2. The lowest BCUT2D eigenvalue weighted by molar-refractivity contribution is -0.102. The number of rotatable bonds is 26. The summed E-state index contributed by atoms with van der Waals surface area (Å²) < 4.78 is 0. The van der Waals surface area contributed by atoms with Crippen LogP contribution in [0.25, 0.3) is 0 Å². The van der Waals surface area contributed by atoms with Gasteiger partial charge in [-0.1, -0.05) is 183 Å². The van der Waals surface area contributed by atoms with Gasteiger partial charge in [-0.15, -0.1) is 0 Å². The van der Waals surface area contributed by atoms with Crippen molar-refractivity contribution in [2.24, 2.45) is 10.7 Å². The molecule has 2 unspecified atom stereocenters. The minimum atomic E-state index is -0.189. The zero-order chi connectivity index (χ0) is 42.7. The quantitative estimate of drug-likeness (QED) is 0.0243. The number of nitrogens with one attached hydrogen (secondary N) is 2. The number of hydrogen-bond acceptors (Lipinski definition) is 6. The third-order valence-corrected chi connectivity index (χ3v) is 10.8. The summed E-state index contributed by atoms with van der Waals surface area (Å²) in [5.41, 5.74) is 10.3. The van der Waals surface area contributed by atoms with Crippen LogP contribution in [0.1, 0.15) is 137 Å². The van der Waals surface area contributed by atoms with Gasteiger partial charge in [0.15, 0.2) is 6.29 Å².